The lowest BCUT2D eigenvalue weighted by molar-refractivity contribution is -0.148. The third-order valence-electron chi connectivity index (χ3n) is 4.20. The fourth-order valence-electron chi connectivity index (χ4n) is 2.81. The van der Waals surface area contributed by atoms with E-state index in [1.165, 1.54) is 4.68 Å². The first-order valence-electron chi connectivity index (χ1n) is 9.25. The maximum absolute atomic E-state index is 12.3. The summed E-state index contributed by atoms with van der Waals surface area (Å²) in [6, 6.07) is 23.5. The van der Waals surface area contributed by atoms with E-state index in [0.717, 1.165) is 0 Å². The van der Waals surface area contributed by atoms with Crippen molar-refractivity contribution >= 4 is 28.6 Å². The Kier molecular flexibility index (Phi) is 5.66. The topological polar surface area (TPSA) is 95.3 Å². The van der Waals surface area contributed by atoms with Gasteiger partial charge in [-0.25, -0.2) is 4.68 Å². The molecule has 4 rings (SSSR count). The Morgan fingerprint density at radius 3 is 2.50 bits per heavy atom. The number of para-hydroxylation sites is 4. The highest BCUT2D eigenvalue weighted by Gasteiger charge is 2.13. The van der Waals surface area contributed by atoms with Crippen molar-refractivity contribution in [2.24, 2.45) is 0 Å². The van der Waals surface area contributed by atoms with Crippen molar-refractivity contribution in [1.82, 2.24) is 15.0 Å². The quantitative estimate of drug-likeness (QED) is 0.476. The van der Waals surface area contributed by atoms with Crippen LogP contribution in [0.5, 0.6) is 11.5 Å². The minimum atomic E-state index is -0.588. The van der Waals surface area contributed by atoms with Gasteiger partial charge in [-0.15, -0.1) is 5.10 Å². The maximum atomic E-state index is 12.3. The second kappa shape index (κ2) is 8.87. The molecule has 0 aliphatic carbocycles. The van der Waals surface area contributed by atoms with E-state index >= 15 is 0 Å². The number of rotatable bonds is 7. The van der Waals surface area contributed by atoms with Gasteiger partial charge in [0.15, 0.2) is 12.4 Å². The molecule has 0 aliphatic heterocycles. The molecule has 3 aromatic carbocycles. The number of hydrogen-bond donors (Lipinski definition) is 1. The number of esters is 1. The Bertz CT molecular complexity index is 1170. The third-order valence-corrected chi connectivity index (χ3v) is 4.20. The minimum absolute atomic E-state index is 0.137. The summed E-state index contributed by atoms with van der Waals surface area (Å²) in [6.45, 7) is -0.563. The van der Waals surface area contributed by atoms with Crippen LogP contribution in [-0.4, -0.2) is 33.5 Å². The monoisotopic (exact) mass is 402 g/mol. The lowest BCUT2D eigenvalue weighted by atomic mass is 10.3. The van der Waals surface area contributed by atoms with Gasteiger partial charge in [-0.3, -0.25) is 9.59 Å². The molecule has 0 fully saturated rings. The number of carbonyl (C=O) groups is 2. The smallest absolute Gasteiger partial charge is 0.328 e. The van der Waals surface area contributed by atoms with Crippen molar-refractivity contribution in [2.75, 3.05) is 11.9 Å². The molecular formula is C22H18N4O4. The first-order valence-corrected chi connectivity index (χ1v) is 9.25. The van der Waals surface area contributed by atoms with Gasteiger partial charge in [0, 0.05) is 0 Å². The van der Waals surface area contributed by atoms with Gasteiger partial charge in [-0.1, -0.05) is 47.7 Å². The first kappa shape index (κ1) is 19.1. The van der Waals surface area contributed by atoms with Crippen LogP contribution < -0.4 is 10.1 Å². The lowest BCUT2D eigenvalue weighted by Crippen LogP contribution is -2.23. The number of nitrogens with one attached hydrogen (secondary N) is 1. The molecule has 0 spiro atoms. The normalized spacial score (nSPS) is 10.5. The van der Waals surface area contributed by atoms with Crippen LogP contribution in [0.2, 0.25) is 0 Å². The van der Waals surface area contributed by atoms with Crippen LogP contribution in [0.1, 0.15) is 0 Å². The highest BCUT2D eigenvalue weighted by atomic mass is 16.5. The Morgan fingerprint density at radius 2 is 1.63 bits per heavy atom. The maximum Gasteiger partial charge on any atom is 0.328 e. The molecule has 0 saturated carbocycles. The molecule has 1 amide bonds. The van der Waals surface area contributed by atoms with Crippen molar-refractivity contribution in [3.8, 4) is 11.5 Å². The van der Waals surface area contributed by atoms with E-state index in [1.807, 2.05) is 42.5 Å². The van der Waals surface area contributed by atoms with Crippen molar-refractivity contribution in [3.05, 3.63) is 78.9 Å². The summed E-state index contributed by atoms with van der Waals surface area (Å²) in [6.07, 6.45) is 0. The van der Waals surface area contributed by atoms with Gasteiger partial charge in [0.05, 0.1) is 11.2 Å². The highest BCUT2D eigenvalue weighted by molar-refractivity contribution is 5.94. The van der Waals surface area contributed by atoms with Gasteiger partial charge in [0.1, 0.15) is 17.8 Å². The molecule has 0 unspecified atom stereocenters. The second-order valence-electron chi connectivity index (χ2n) is 6.36. The summed E-state index contributed by atoms with van der Waals surface area (Å²) in [5, 5.41) is 10.6. The van der Waals surface area contributed by atoms with Crippen molar-refractivity contribution in [1.29, 1.82) is 0 Å². The summed E-state index contributed by atoms with van der Waals surface area (Å²) in [4.78, 5) is 24.4. The molecule has 150 valence electrons. The molecule has 0 aliphatic rings. The number of benzene rings is 3. The van der Waals surface area contributed by atoms with Crippen LogP contribution in [0.3, 0.4) is 0 Å². The van der Waals surface area contributed by atoms with Gasteiger partial charge in [-0.05, 0) is 36.4 Å². The zero-order valence-corrected chi connectivity index (χ0v) is 15.9. The van der Waals surface area contributed by atoms with Crippen LogP contribution >= 0.6 is 0 Å². The Balaban J connectivity index is 1.33. The van der Waals surface area contributed by atoms with Crippen molar-refractivity contribution in [2.45, 2.75) is 6.54 Å². The molecule has 0 atom stereocenters. The van der Waals surface area contributed by atoms with E-state index in [-0.39, 0.29) is 6.54 Å². The summed E-state index contributed by atoms with van der Waals surface area (Å²) in [7, 11) is 0. The zero-order valence-electron chi connectivity index (χ0n) is 15.9. The van der Waals surface area contributed by atoms with E-state index < -0.39 is 18.5 Å². The summed E-state index contributed by atoms with van der Waals surface area (Å²) in [5.74, 6) is 0.0636. The molecule has 4 aromatic rings. The van der Waals surface area contributed by atoms with Crippen LogP contribution in [0.25, 0.3) is 11.0 Å². The van der Waals surface area contributed by atoms with Crippen molar-refractivity contribution < 1.29 is 19.1 Å². The van der Waals surface area contributed by atoms with Crippen LogP contribution in [0, 0.1) is 0 Å². The molecule has 0 radical (unpaired) electrons. The Hall–Kier alpha value is -4.20. The standard InChI is InChI=1S/C22H18N4O4/c27-21(15-29-22(28)14-26-19-12-6-4-10-17(19)24-25-26)23-18-11-5-7-13-20(18)30-16-8-2-1-3-9-16/h1-13H,14-15H2,(H,23,27). The molecule has 1 aromatic heterocycles. The van der Waals surface area contributed by atoms with Gasteiger partial charge in [0.25, 0.3) is 5.91 Å². The number of amides is 1. The largest absolute Gasteiger partial charge is 0.455 e. The highest BCUT2D eigenvalue weighted by Crippen LogP contribution is 2.29. The molecule has 0 bridgehead atoms. The number of hydrogen-bond acceptors (Lipinski definition) is 6. The SMILES string of the molecule is O=C(COC(=O)Cn1nnc2ccccc21)Nc1ccccc1Oc1ccccc1. The number of carbonyl (C=O) groups excluding carboxylic acids is 2. The Labute approximate surface area is 172 Å². The van der Waals surface area contributed by atoms with Gasteiger partial charge < -0.3 is 14.8 Å². The van der Waals surface area contributed by atoms with Crippen molar-refractivity contribution in [3.63, 3.8) is 0 Å². The molecule has 8 nitrogen and oxygen atoms in total. The number of fused-ring (bicyclic) bond motifs is 1. The van der Waals surface area contributed by atoms with E-state index in [2.05, 4.69) is 15.6 Å². The van der Waals surface area contributed by atoms with Crippen LogP contribution in [0.15, 0.2) is 78.9 Å². The van der Waals surface area contributed by atoms with Crippen LogP contribution in [-0.2, 0) is 20.9 Å². The van der Waals surface area contributed by atoms with E-state index in [1.54, 1.807) is 36.4 Å². The molecule has 0 saturated heterocycles. The fourth-order valence-corrected chi connectivity index (χ4v) is 2.81. The number of ether oxygens (including phenoxy) is 2. The average molecular weight is 402 g/mol. The summed E-state index contributed by atoms with van der Waals surface area (Å²) < 4.78 is 12.3. The zero-order chi connectivity index (χ0) is 20.8. The average Bonchev–Trinajstić information content (AvgIpc) is 3.17. The van der Waals surface area contributed by atoms with E-state index in [9.17, 15) is 9.59 Å². The summed E-state index contributed by atoms with van der Waals surface area (Å²) >= 11 is 0. The van der Waals surface area contributed by atoms with E-state index in [4.69, 9.17) is 9.47 Å². The summed E-state index contributed by atoms with van der Waals surface area (Å²) in [5.41, 5.74) is 1.87. The van der Waals surface area contributed by atoms with Gasteiger partial charge >= 0.3 is 5.97 Å². The predicted molar refractivity (Wildman–Crippen MR) is 110 cm³/mol. The Morgan fingerprint density at radius 1 is 0.900 bits per heavy atom. The van der Waals surface area contributed by atoms with Gasteiger partial charge in [-0.2, -0.15) is 0 Å². The van der Waals surface area contributed by atoms with Crippen LogP contribution in [0.4, 0.5) is 5.69 Å². The first-order chi connectivity index (χ1) is 14.7. The number of nitrogens with zero attached hydrogens (tertiary/aromatic N) is 3. The number of anilines is 1. The molecule has 30 heavy (non-hydrogen) atoms. The molecule has 1 heterocycles. The minimum Gasteiger partial charge on any atom is -0.455 e. The fraction of sp³-hybridized carbons (Fsp3) is 0.0909. The predicted octanol–water partition coefficient (Wildman–Crippen LogP) is 3.41. The lowest BCUT2D eigenvalue weighted by Gasteiger charge is -2.12. The molecule has 8 heteroatoms. The van der Waals surface area contributed by atoms with E-state index in [0.29, 0.717) is 28.2 Å². The van der Waals surface area contributed by atoms with Gasteiger partial charge in [0.2, 0.25) is 0 Å². The molecular weight excluding hydrogens is 384 g/mol. The third kappa shape index (κ3) is 4.61. The molecule has 1 N–H and O–H groups in total. The number of aromatic nitrogens is 3. The second-order valence-corrected chi connectivity index (χ2v) is 6.36.